The lowest BCUT2D eigenvalue weighted by Gasteiger charge is -2.17. The van der Waals surface area contributed by atoms with Gasteiger partial charge < -0.3 is 15.2 Å². The number of hydrogen-bond donors (Lipinski definition) is 2. The summed E-state index contributed by atoms with van der Waals surface area (Å²) in [6.07, 6.45) is 1.10. The molecule has 0 bridgehead atoms. The first-order valence-electron chi connectivity index (χ1n) is 7.61. The summed E-state index contributed by atoms with van der Waals surface area (Å²) in [5.74, 6) is -3.34. The van der Waals surface area contributed by atoms with Crippen LogP contribution in [0.4, 0.5) is 0 Å². The first-order valence-corrected chi connectivity index (χ1v) is 7.61. The van der Waals surface area contributed by atoms with Gasteiger partial charge in [-0.25, -0.2) is 9.59 Å². The molecule has 1 unspecified atom stereocenters. The lowest BCUT2D eigenvalue weighted by atomic mass is 10.0. The lowest BCUT2D eigenvalue weighted by molar-refractivity contribution is -0.158. The van der Waals surface area contributed by atoms with E-state index in [9.17, 15) is 14.4 Å². The quantitative estimate of drug-likeness (QED) is 0.552. The van der Waals surface area contributed by atoms with Gasteiger partial charge in [0.05, 0.1) is 11.6 Å². The van der Waals surface area contributed by atoms with E-state index in [4.69, 9.17) is 15.1 Å². The van der Waals surface area contributed by atoms with Crippen LogP contribution in [0.2, 0.25) is 0 Å². The average Bonchev–Trinajstić information content (AvgIpc) is 2.58. The van der Waals surface area contributed by atoms with Crippen molar-refractivity contribution >= 4 is 17.8 Å². The number of hydrogen-bond acceptors (Lipinski definition) is 5. The van der Waals surface area contributed by atoms with Crippen molar-refractivity contribution in [3.8, 4) is 6.07 Å². The number of amides is 1. The van der Waals surface area contributed by atoms with Crippen molar-refractivity contribution in [2.45, 2.75) is 39.3 Å². The van der Waals surface area contributed by atoms with Crippen molar-refractivity contribution in [1.29, 1.82) is 5.26 Å². The lowest BCUT2D eigenvalue weighted by Crippen LogP contribution is -2.49. The Bertz CT molecular complexity index is 629. The number of carboxylic acids is 1. The number of rotatable bonds is 8. The zero-order chi connectivity index (χ0) is 18.1. The fourth-order valence-electron chi connectivity index (χ4n) is 2.05. The van der Waals surface area contributed by atoms with Crippen LogP contribution in [0.1, 0.15) is 37.8 Å². The summed E-state index contributed by atoms with van der Waals surface area (Å²) >= 11 is 0. The van der Waals surface area contributed by atoms with Crippen molar-refractivity contribution in [2.75, 3.05) is 0 Å². The minimum absolute atomic E-state index is 0.144. The summed E-state index contributed by atoms with van der Waals surface area (Å²) in [5.41, 5.74) is 1.07. The molecule has 0 fully saturated rings. The predicted molar refractivity (Wildman–Crippen MR) is 84.6 cm³/mol. The number of ether oxygens (including phenoxy) is 1. The minimum Gasteiger partial charge on any atom is -0.479 e. The molecule has 24 heavy (non-hydrogen) atoms. The third-order valence-corrected chi connectivity index (χ3v) is 3.59. The highest BCUT2D eigenvalue weighted by Crippen LogP contribution is 2.09. The molecule has 0 aliphatic carbocycles. The van der Waals surface area contributed by atoms with Crippen LogP contribution in [0.25, 0.3) is 0 Å². The van der Waals surface area contributed by atoms with E-state index < -0.39 is 23.9 Å². The van der Waals surface area contributed by atoms with E-state index in [1.54, 1.807) is 24.3 Å². The normalized spacial score (nSPS) is 11.4. The number of nitriles is 1. The first-order chi connectivity index (χ1) is 11.4. The molecule has 1 rings (SSSR count). The standard InChI is InChI=1S/C17H20N2O5/c1-3-13(4-2)15(20)19-14(16(21)22)17(23)24-10-12-7-5-11(9-18)6-8-12/h5-8,13-14H,3-4,10H2,1-2H3,(H,19,20)(H,21,22). The maximum atomic E-state index is 12.0. The Kier molecular flexibility index (Phi) is 7.43. The average molecular weight is 332 g/mol. The van der Waals surface area contributed by atoms with Crippen LogP contribution in [-0.2, 0) is 25.7 Å². The largest absolute Gasteiger partial charge is 0.479 e. The van der Waals surface area contributed by atoms with Gasteiger partial charge in [0, 0.05) is 5.92 Å². The third-order valence-electron chi connectivity index (χ3n) is 3.59. The molecule has 1 atom stereocenters. The van der Waals surface area contributed by atoms with Crippen LogP contribution < -0.4 is 5.32 Å². The van der Waals surface area contributed by atoms with Crippen LogP contribution in [0, 0.1) is 17.2 Å². The zero-order valence-electron chi connectivity index (χ0n) is 13.6. The maximum Gasteiger partial charge on any atom is 0.340 e. The fraction of sp³-hybridized carbons (Fsp3) is 0.412. The summed E-state index contributed by atoms with van der Waals surface area (Å²) in [7, 11) is 0. The summed E-state index contributed by atoms with van der Waals surface area (Å²) in [6, 6.07) is 6.55. The Balaban J connectivity index is 2.67. The fourth-order valence-corrected chi connectivity index (χ4v) is 2.05. The molecule has 2 N–H and O–H groups in total. The van der Waals surface area contributed by atoms with Crippen molar-refractivity contribution in [1.82, 2.24) is 5.32 Å². The van der Waals surface area contributed by atoms with E-state index in [1.807, 2.05) is 19.9 Å². The van der Waals surface area contributed by atoms with Gasteiger partial charge in [0.1, 0.15) is 6.61 Å². The molecule has 0 spiro atoms. The molecule has 1 aromatic rings. The molecule has 128 valence electrons. The van der Waals surface area contributed by atoms with Gasteiger partial charge in [0.15, 0.2) is 0 Å². The second-order valence-electron chi connectivity index (χ2n) is 5.21. The van der Waals surface area contributed by atoms with E-state index in [1.165, 1.54) is 0 Å². The van der Waals surface area contributed by atoms with Crippen molar-refractivity contribution < 1.29 is 24.2 Å². The smallest absolute Gasteiger partial charge is 0.340 e. The van der Waals surface area contributed by atoms with Crippen LogP contribution in [0.15, 0.2) is 24.3 Å². The molecular weight excluding hydrogens is 312 g/mol. The van der Waals surface area contributed by atoms with Gasteiger partial charge in [0.2, 0.25) is 11.9 Å². The van der Waals surface area contributed by atoms with Gasteiger partial charge in [-0.1, -0.05) is 26.0 Å². The Morgan fingerprint density at radius 3 is 2.25 bits per heavy atom. The molecule has 0 aliphatic heterocycles. The number of carbonyl (C=O) groups is 3. The maximum absolute atomic E-state index is 12.0. The molecule has 1 aromatic carbocycles. The molecule has 0 saturated carbocycles. The first kappa shape index (κ1) is 19.2. The van der Waals surface area contributed by atoms with E-state index in [0.29, 0.717) is 24.0 Å². The topological polar surface area (TPSA) is 116 Å². The second kappa shape index (κ2) is 9.30. The zero-order valence-corrected chi connectivity index (χ0v) is 13.6. The van der Waals surface area contributed by atoms with E-state index in [0.717, 1.165) is 0 Å². The number of carboxylic acid groups (broad SMARTS) is 1. The number of aliphatic carboxylic acids is 1. The molecule has 0 saturated heterocycles. The van der Waals surface area contributed by atoms with Crippen LogP contribution in [0.3, 0.4) is 0 Å². The monoisotopic (exact) mass is 332 g/mol. The molecule has 0 heterocycles. The number of carbonyl (C=O) groups excluding carboxylic acids is 2. The van der Waals surface area contributed by atoms with Gasteiger partial charge >= 0.3 is 11.9 Å². The van der Waals surface area contributed by atoms with E-state index in [-0.39, 0.29) is 12.5 Å². The molecule has 1 amide bonds. The van der Waals surface area contributed by atoms with Gasteiger partial charge in [-0.3, -0.25) is 4.79 Å². The molecule has 7 heteroatoms. The molecule has 7 nitrogen and oxygen atoms in total. The van der Waals surface area contributed by atoms with Crippen LogP contribution in [-0.4, -0.2) is 29.0 Å². The summed E-state index contributed by atoms with van der Waals surface area (Å²) in [4.78, 5) is 35.1. The summed E-state index contributed by atoms with van der Waals surface area (Å²) in [5, 5.41) is 20.1. The Morgan fingerprint density at radius 2 is 1.79 bits per heavy atom. The van der Waals surface area contributed by atoms with E-state index >= 15 is 0 Å². The van der Waals surface area contributed by atoms with Crippen molar-refractivity contribution in [3.63, 3.8) is 0 Å². The van der Waals surface area contributed by atoms with Gasteiger partial charge in [-0.15, -0.1) is 0 Å². The van der Waals surface area contributed by atoms with Crippen LogP contribution in [0.5, 0.6) is 0 Å². The second-order valence-corrected chi connectivity index (χ2v) is 5.21. The van der Waals surface area contributed by atoms with Crippen molar-refractivity contribution in [3.05, 3.63) is 35.4 Å². The van der Waals surface area contributed by atoms with Gasteiger partial charge in [0.25, 0.3) is 0 Å². The Hall–Kier alpha value is -2.88. The van der Waals surface area contributed by atoms with E-state index in [2.05, 4.69) is 5.32 Å². The summed E-state index contributed by atoms with van der Waals surface area (Å²) in [6.45, 7) is 3.48. The molecule has 0 radical (unpaired) electrons. The Labute approximate surface area is 140 Å². The molecule has 0 aliphatic rings. The Morgan fingerprint density at radius 1 is 1.21 bits per heavy atom. The highest BCUT2D eigenvalue weighted by Gasteiger charge is 2.31. The summed E-state index contributed by atoms with van der Waals surface area (Å²) < 4.78 is 4.96. The number of nitrogens with zero attached hydrogens (tertiary/aromatic N) is 1. The predicted octanol–water partition coefficient (Wildman–Crippen LogP) is 1.61. The molecule has 0 aromatic heterocycles. The van der Waals surface area contributed by atoms with Gasteiger partial charge in [-0.05, 0) is 30.5 Å². The minimum atomic E-state index is -1.74. The third kappa shape index (κ3) is 5.39. The number of esters is 1. The number of nitrogens with one attached hydrogen (secondary N) is 1. The highest BCUT2D eigenvalue weighted by atomic mass is 16.5. The highest BCUT2D eigenvalue weighted by molar-refractivity contribution is 6.01. The number of benzene rings is 1. The van der Waals surface area contributed by atoms with Crippen molar-refractivity contribution in [2.24, 2.45) is 5.92 Å². The van der Waals surface area contributed by atoms with Gasteiger partial charge in [-0.2, -0.15) is 5.26 Å². The SMILES string of the molecule is CCC(CC)C(=O)NC(C(=O)O)C(=O)OCc1ccc(C#N)cc1. The molecular formula is C17H20N2O5. The van der Waals surface area contributed by atoms with Crippen LogP contribution >= 0.6 is 0 Å².